The molecule has 0 saturated carbocycles. The van der Waals surface area contributed by atoms with Gasteiger partial charge in [0.2, 0.25) is 35.4 Å². The van der Waals surface area contributed by atoms with Crippen LogP contribution in [0.15, 0.2) is 53.5 Å². The molecular formula is C35H50N10O11. The molecule has 0 heterocycles. The molecule has 56 heavy (non-hydrogen) atoms. The third-order valence-corrected chi connectivity index (χ3v) is 8.17. The second kappa shape index (κ2) is 22.0. The summed E-state index contributed by atoms with van der Waals surface area (Å²) in [6.07, 6.45) is -2.51. The molecule has 21 heteroatoms. The third kappa shape index (κ3) is 15.9. The summed E-state index contributed by atoms with van der Waals surface area (Å²) in [5.74, 6) is -7.27. The number of benzene rings is 2. The van der Waals surface area contributed by atoms with Crippen LogP contribution in [0, 0.1) is 0 Å². The van der Waals surface area contributed by atoms with Crippen LogP contribution >= 0.6 is 0 Å². The van der Waals surface area contributed by atoms with Gasteiger partial charge in [0.25, 0.3) is 0 Å². The number of amides is 6. The Morgan fingerprint density at radius 1 is 0.661 bits per heavy atom. The van der Waals surface area contributed by atoms with Gasteiger partial charge in [0, 0.05) is 19.4 Å². The molecule has 2 rings (SSSR count). The van der Waals surface area contributed by atoms with Gasteiger partial charge in [-0.3, -0.25) is 38.6 Å². The van der Waals surface area contributed by atoms with E-state index in [2.05, 4.69) is 31.6 Å². The molecular weight excluding hydrogens is 736 g/mol. The molecule has 21 nitrogen and oxygen atoms in total. The van der Waals surface area contributed by atoms with Crippen LogP contribution in [0.5, 0.6) is 11.5 Å². The normalized spacial score (nSPS) is 14.6. The smallest absolute Gasteiger partial charge is 0.305 e. The van der Waals surface area contributed by atoms with Crippen molar-refractivity contribution in [2.75, 3.05) is 6.54 Å². The zero-order chi connectivity index (χ0) is 42.1. The Balaban J connectivity index is 2.32. The van der Waals surface area contributed by atoms with Crippen molar-refractivity contribution in [2.45, 2.75) is 88.3 Å². The lowest BCUT2D eigenvalue weighted by atomic mass is 10.0. The first-order chi connectivity index (χ1) is 26.3. The number of carbonyl (C=O) groups excluding carboxylic acids is 6. The van der Waals surface area contributed by atoms with E-state index in [1.807, 2.05) is 0 Å². The molecule has 0 spiro atoms. The lowest BCUT2D eigenvalue weighted by Gasteiger charge is -2.27. The predicted octanol–water partition coefficient (Wildman–Crippen LogP) is -3.95. The summed E-state index contributed by atoms with van der Waals surface area (Å²) >= 11 is 0. The van der Waals surface area contributed by atoms with E-state index in [0.29, 0.717) is 11.1 Å². The fraction of sp³-hybridized carbons (Fsp3) is 0.429. The van der Waals surface area contributed by atoms with Crippen LogP contribution in [0.2, 0.25) is 0 Å². The summed E-state index contributed by atoms with van der Waals surface area (Å²) in [6.45, 7) is 2.53. The number of nitrogens with one attached hydrogen (secondary N) is 5. The van der Waals surface area contributed by atoms with Gasteiger partial charge in [-0.25, -0.2) is 0 Å². The molecule has 0 aromatic heterocycles. The highest BCUT2D eigenvalue weighted by molar-refractivity contribution is 5.97. The number of aromatic hydroxyl groups is 2. The van der Waals surface area contributed by atoms with Crippen molar-refractivity contribution in [1.29, 1.82) is 0 Å². The quantitative estimate of drug-likeness (QED) is 0.0308. The molecule has 0 aliphatic rings. The molecule has 0 bridgehead atoms. The molecule has 0 unspecified atom stereocenters. The van der Waals surface area contributed by atoms with Crippen LogP contribution < -0.4 is 49.5 Å². The second-order valence-corrected chi connectivity index (χ2v) is 12.9. The van der Waals surface area contributed by atoms with E-state index in [4.69, 9.17) is 28.0 Å². The highest BCUT2D eigenvalue weighted by Gasteiger charge is 2.34. The summed E-state index contributed by atoms with van der Waals surface area (Å²) in [5, 5.41) is 50.7. The molecule has 0 aliphatic carbocycles. The predicted molar refractivity (Wildman–Crippen MR) is 200 cm³/mol. The Morgan fingerprint density at radius 3 is 1.62 bits per heavy atom. The largest absolute Gasteiger partial charge is 0.508 e. The van der Waals surface area contributed by atoms with E-state index in [1.54, 1.807) is 0 Å². The van der Waals surface area contributed by atoms with Crippen molar-refractivity contribution in [1.82, 2.24) is 26.6 Å². The lowest BCUT2D eigenvalue weighted by Crippen LogP contribution is -2.61. The number of phenolic OH excluding ortho intramolecular Hbond substituents is 2. The van der Waals surface area contributed by atoms with Gasteiger partial charge in [-0.05, 0) is 62.1 Å². The van der Waals surface area contributed by atoms with Gasteiger partial charge in [-0.1, -0.05) is 24.3 Å². The molecule has 6 amide bonds. The van der Waals surface area contributed by atoms with Gasteiger partial charge in [0.15, 0.2) is 5.96 Å². The number of nitrogens with two attached hydrogens (primary N) is 4. The fourth-order valence-corrected chi connectivity index (χ4v) is 5.10. The minimum atomic E-state index is -1.70. The minimum Gasteiger partial charge on any atom is -0.508 e. The monoisotopic (exact) mass is 786 g/mol. The third-order valence-electron chi connectivity index (χ3n) is 8.17. The number of rotatable bonds is 22. The summed E-state index contributed by atoms with van der Waals surface area (Å²) in [7, 11) is 0. The maximum absolute atomic E-state index is 13.9. The lowest BCUT2D eigenvalue weighted by molar-refractivity contribution is -0.140. The number of nitrogens with zero attached hydrogens (tertiary/aromatic N) is 1. The van der Waals surface area contributed by atoms with Crippen molar-refractivity contribution in [2.24, 2.45) is 27.9 Å². The Kier molecular flexibility index (Phi) is 18.0. The number of phenols is 2. The molecule has 0 saturated heterocycles. The maximum Gasteiger partial charge on any atom is 0.305 e. The molecule has 7 atom stereocenters. The number of carboxylic acid groups (broad SMARTS) is 1. The number of carboxylic acids is 1. The van der Waals surface area contributed by atoms with Gasteiger partial charge in [0.05, 0.1) is 18.6 Å². The zero-order valence-electron chi connectivity index (χ0n) is 30.8. The van der Waals surface area contributed by atoms with E-state index < -0.39 is 90.2 Å². The summed E-state index contributed by atoms with van der Waals surface area (Å²) in [4.78, 5) is 93.6. The van der Waals surface area contributed by atoms with E-state index >= 15 is 0 Å². The van der Waals surface area contributed by atoms with E-state index in [0.717, 1.165) is 6.92 Å². The first-order valence-electron chi connectivity index (χ1n) is 17.3. The summed E-state index contributed by atoms with van der Waals surface area (Å²) in [5.41, 5.74) is 22.9. The van der Waals surface area contributed by atoms with Gasteiger partial charge < -0.3 is 69.9 Å². The van der Waals surface area contributed by atoms with Crippen LogP contribution in [0.25, 0.3) is 0 Å². The number of guanidine groups is 1. The van der Waals surface area contributed by atoms with Gasteiger partial charge in [-0.2, -0.15) is 0 Å². The number of aliphatic hydroxyl groups is 1. The van der Waals surface area contributed by atoms with Crippen LogP contribution in [0.4, 0.5) is 0 Å². The Labute approximate surface area is 321 Å². The van der Waals surface area contributed by atoms with Crippen molar-refractivity contribution in [3.63, 3.8) is 0 Å². The SMILES string of the molecule is C[C@H](NC(=O)[C@H](CCCN=C(N)N)NC(=O)[C@H](Cc1ccc(O)cc1)NC(=O)[C@@H](NC(=O)[C@@H](N)CC(=O)O)[C@@H](C)O)C(=O)N[C@@H](Cc1ccc(O)cc1)C(N)=O. The molecule has 306 valence electrons. The first kappa shape index (κ1) is 45.7. The topological polar surface area (TPSA) is 377 Å². The first-order valence-corrected chi connectivity index (χ1v) is 17.3. The highest BCUT2D eigenvalue weighted by atomic mass is 16.4. The number of hydrogen-bond donors (Lipinski definition) is 13. The van der Waals surface area contributed by atoms with Crippen LogP contribution in [0.1, 0.15) is 44.2 Å². The van der Waals surface area contributed by atoms with Gasteiger partial charge >= 0.3 is 5.97 Å². The van der Waals surface area contributed by atoms with E-state index in [9.17, 15) is 48.9 Å². The van der Waals surface area contributed by atoms with Gasteiger partial charge in [0.1, 0.15) is 41.7 Å². The van der Waals surface area contributed by atoms with E-state index in [-0.39, 0.29) is 49.7 Å². The number of carbonyl (C=O) groups is 7. The second-order valence-electron chi connectivity index (χ2n) is 12.9. The number of aliphatic hydroxyl groups excluding tert-OH is 1. The molecule has 2 aromatic rings. The maximum atomic E-state index is 13.9. The number of primary amides is 1. The number of aliphatic carboxylic acids is 1. The Morgan fingerprint density at radius 2 is 1.14 bits per heavy atom. The molecule has 0 fully saturated rings. The zero-order valence-corrected chi connectivity index (χ0v) is 30.8. The average molecular weight is 787 g/mol. The van der Waals surface area contributed by atoms with Crippen molar-refractivity contribution in [3.8, 4) is 11.5 Å². The standard InChI is InChI=1S/C35H50N10O11/c1-17(30(52)43-25(29(37)51)14-19-5-9-21(47)10-6-19)41-32(54)24(4-3-13-40-35(38)39)42-33(55)26(15-20-7-11-22(48)12-8-20)44-34(56)28(18(2)46)45-31(53)23(36)16-27(49)50/h5-12,17-18,23-26,28,46-48H,3-4,13-16,36H2,1-2H3,(H2,37,51)(H,41,54)(H,42,55)(H,43,52)(H,44,56)(H,45,53)(H,49,50)(H4,38,39,40)/t17-,18+,23-,24-,25-,26-,28-/m0/s1. The molecule has 0 radical (unpaired) electrons. The molecule has 17 N–H and O–H groups in total. The summed E-state index contributed by atoms with van der Waals surface area (Å²) < 4.78 is 0. The van der Waals surface area contributed by atoms with Crippen LogP contribution in [0.3, 0.4) is 0 Å². The van der Waals surface area contributed by atoms with Gasteiger partial charge in [-0.15, -0.1) is 0 Å². The fourth-order valence-electron chi connectivity index (χ4n) is 5.10. The Bertz CT molecular complexity index is 1720. The number of hydrogen-bond acceptors (Lipinski definition) is 12. The van der Waals surface area contributed by atoms with E-state index in [1.165, 1.54) is 55.5 Å². The Hall–Kier alpha value is -6.48. The summed E-state index contributed by atoms with van der Waals surface area (Å²) in [6, 6.07) is 2.86. The van der Waals surface area contributed by atoms with Crippen molar-refractivity contribution < 1.29 is 54.0 Å². The van der Waals surface area contributed by atoms with Crippen LogP contribution in [-0.2, 0) is 46.4 Å². The average Bonchev–Trinajstić information content (AvgIpc) is 3.11. The van der Waals surface area contributed by atoms with Crippen molar-refractivity contribution >= 4 is 47.4 Å². The molecule has 2 aromatic carbocycles. The minimum absolute atomic E-state index is 0.00800. The number of aliphatic imine (C=N–C) groups is 1. The van der Waals surface area contributed by atoms with Crippen LogP contribution in [-0.4, -0.2) is 117 Å². The molecule has 0 aliphatic heterocycles. The highest BCUT2D eigenvalue weighted by Crippen LogP contribution is 2.14. The van der Waals surface area contributed by atoms with Crippen molar-refractivity contribution in [3.05, 3.63) is 59.7 Å².